The van der Waals surface area contributed by atoms with Crippen molar-refractivity contribution in [1.29, 1.82) is 0 Å². The van der Waals surface area contributed by atoms with Gasteiger partial charge in [-0.1, -0.05) is 72.8 Å². The van der Waals surface area contributed by atoms with Gasteiger partial charge in [0, 0.05) is 16.7 Å². The largest absolute Gasteiger partial charge is 0.272 e. The van der Waals surface area contributed by atoms with Gasteiger partial charge < -0.3 is 0 Å². The molecule has 0 fully saturated rings. The van der Waals surface area contributed by atoms with E-state index in [0.717, 1.165) is 16.1 Å². The first-order valence-electron chi connectivity index (χ1n) is 12.4. The average molecular weight is 528 g/mol. The van der Waals surface area contributed by atoms with E-state index < -0.39 is 0 Å². The first-order valence-corrected chi connectivity index (χ1v) is 13.3. The number of benzene rings is 3. The Hall–Kier alpha value is -5.09. The van der Waals surface area contributed by atoms with Gasteiger partial charge in [0.05, 0.1) is 11.4 Å². The summed E-state index contributed by atoms with van der Waals surface area (Å²) in [6.45, 7) is 0. The van der Waals surface area contributed by atoms with Crippen LogP contribution in [0.25, 0.3) is 40.3 Å². The molecule has 0 N–H and O–H groups in total. The summed E-state index contributed by atoms with van der Waals surface area (Å²) >= 11 is 1.66. The highest BCUT2D eigenvalue weighted by Gasteiger charge is 2.23. The molecule has 7 rings (SSSR count). The molecule has 10 heteroatoms. The number of aromatic nitrogens is 9. The van der Waals surface area contributed by atoms with Crippen molar-refractivity contribution in [3.05, 3.63) is 121 Å². The van der Waals surface area contributed by atoms with Gasteiger partial charge in [-0.3, -0.25) is 0 Å². The van der Waals surface area contributed by atoms with E-state index in [2.05, 4.69) is 22.2 Å². The molecule has 0 unspecified atom stereocenters. The normalized spacial score (nSPS) is 11.3. The van der Waals surface area contributed by atoms with Crippen molar-refractivity contribution in [1.82, 2.24) is 44.1 Å². The van der Waals surface area contributed by atoms with Crippen LogP contribution in [0.15, 0.2) is 120 Å². The van der Waals surface area contributed by atoms with Crippen molar-refractivity contribution in [2.75, 3.05) is 0 Å². The van der Waals surface area contributed by atoms with Crippen molar-refractivity contribution < 1.29 is 0 Å². The zero-order valence-electron chi connectivity index (χ0n) is 20.6. The molecule has 3 aromatic carbocycles. The van der Waals surface area contributed by atoms with Gasteiger partial charge in [-0.25, -0.2) is 19.2 Å². The van der Waals surface area contributed by atoms with Gasteiger partial charge in [-0.05, 0) is 36.4 Å². The lowest BCUT2D eigenvalue weighted by Crippen LogP contribution is -2.04. The number of para-hydroxylation sites is 1. The molecule has 0 spiro atoms. The second-order valence-electron chi connectivity index (χ2n) is 8.65. The Labute approximate surface area is 227 Å². The highest BCUT2D eigenvalue weighted by molar-refractivity contribution is 7.98. The fourth-order valence-corrected chi connectivity index (χ4v) is 4.97. The molecule has 0 atom stereocenters. The van der Waals surface area contributed by atoms with Crippen LogP contribution >= 0.6 is 11.8 Å². The molecule has 188 valence electrons. The lowest BCUT2D eigenvalue weighted by molar-refractivity contribution is 0.786. The Morgan fingerprint density at radius 1 is 0.590 bits per heavy atom. The summed E-state index contributed by atoms with van der Waals surface area (Å²) in [5.41, 5.74) is 2.55. The van der Waals surface area contributed by atoms with Crippen LogP contribution in [0.4, 0.5) is 0 Å². The van der Waals surface area contributed by atoms with Crippen molar-refractivity contribution in [2.24, 2.45) is 0 Å². The molecule has 9 nitrogen and oxygen atoms in total. The Bertz CT molecular complexity index is 1770. The van der Waals surface area contributed by atoms with Gasteiger partial charge in [-0.2, -0.15) is 9.67 Å². The number of thioether (sulfide) groups is 1. The molecule has 7 aromatic rings. The molecule has 0 aliphatic rings. The summed E-state index contributed by atoms with van der Waals surface area (Å²) in [6.07, 6.45) is 1.85. The molecule has 0 saturated carbocycles. The Balaban J connectivity index is 1.37. The van der Waals surface area contributed by atoms with Gasteiger partial charge in [0.2, 0.25) is 11.6 Å². The fourth-order valence-electron chi connectivity index (χ4n) is 4.20. The first-order chi connectivity index (χ1) is 19.3. The maximum Gasteiger partial charge on any atom is 0.272 e. The minimum atomic E-state index is 0.400. The third kappa shape index (κ3) is 4.57. The van der Waals surface area contributed by atoms with Crippen LogP contribution in [0.3, 0.4) is 0 Å². The minimum Gasteiger partial charge on any atom is -0.219 e. The van der Waals surface area contributed by atoms with E-state index in [0.29, 0.717) is 40.6 Å². The van der Waals surface area contributed by atoms with E-state index in [1.165, 1.54) is 0 Å². The number of fused-ring (bicyclic) bond motifs is 1. The minimum absolute atomic E-state index is 0.400. The van der Waals surface area contributed by atoms with E-state index in [1.54, 1.807) is 21.0 Å². The van der Waals surface area contributed by atoms with Crippen LogP contribution < -0.4 is 0 Å². The molecule has 0 bridgehead atoms. The third-order valence-electron chi connectivity index (χ3n) is 6.02. The monoisotopic (exact) mass is 527 g/mol. The van der Waals surface area contributed by atoms with Gasteiger partial charge in [0.15, 0.2) is 17.3 Å². The van der Waals surface area contributed by atoms with Crippen LogP contribution in [0, 0.1) is 0 Å². The molecule has 0 aliphatic heterocycles. The van der Waals surface area contributed by atoms with E-state index in [4.69, 9.17) is 20.2 Å². The number of hydrogen-bond donors (Lipinski definition) is 0. The van der Waals surface area contributed by atoms with Gasteiger partial charge in [0.1, 0.15) is 0 Å². The summed E-state index contributed by atoms with van der Waals surface area (Å²) in [5.74, 6) is 3.21. The molecular formula is C29H21N9S. The topological polar surface area (TPSA) is 91.6 Å². The van der Waals surface area contributed by atoms with Crippen LogP contribution in [0.2, 0.25) is 0 Å². The molecule has 4 aromatic heterocycles. The molecule has 4 heterocycles. The zero-order valence-corrected chi connectivity index (χ0v) is 21.4. The van der Waals surface area contributed by atoms with E-state index in [1.807, 2.05) is 108 Å². The standard InChI is InChI=1S/C29H21N9S/c1-4-12-21(13-5-1)27-32-26(34-37(27)22-14-6-2-7-15-22)28-30-24(20-39-23-16-8-3-9-17-23)33-38(28)29-31-25-18-10-11-19-36(25)35-29/h1-19H,20H2. The number of rotatable bonds is 7. The van der Waals surface area contributed by atoms with Crippen molar-refractivity contribution in [2.45, 2.75) is 10.6 Å². The van der Waals surface area contributed by atoms with E-state index >= 15 is 0 Å². The van der Waals surface area contributed by atoms with E-state index in [9.17, 15) is 0 Å². The smallest absolute Gasteiger partial charge is 0.219 e. The fraction of sp³-hybridized carbons (Fsp3) is 0.0345. The Morgan fingerprint density at radius 2 is 1.31 bits per heavy atom. The van der Waals surface area contributed by atoms with Gasteiger partial charge >= 0.3 is 0 Å². The second kappa shape index (κ2) is 9.99. The zero-order chi connectivity index (χ0) is 26.0. The summed E-state index contributed by atoms with van der Waals surface area (Å²) < 4.78 is 5.18. The van der Waals surface area contributed by atoms with Crippen molar-refractivity contribution >= 4 is 17.4 Å². The molecule has 39 heavy (non-hydrogen) atoms. The lowest BCUT2D eigenvalue weighted by atomic mass is 10.2. The highest BCUT2D eigenvalue weighted by Crippen LogP contribution is 2.27. The van der Waals surface area contributed by atoms with Crippen LogP contribution in [-0.2, 0) is 5.75 Å². The number of nitrogens with zero attached hydrogens (tertiary/aromatic N) is 9. The average Bonchev–Trinajstić information content (AvgIpc) is 3.74. The lowest BCUT2D eigenvalue weighted by Gasteiger charge is -2.05. The predicted octanol–water partition coefficient (Wildman–Crippen LogP) is 5.52. The first kappa shape index (κ1) is 23.1. The SMILES string of the molecule is c1ccc(SCc2nc(-c3nc(-c4ccccc4)n(-c4ccccc4)n3)n(-c3nc4ccccn4n3)n2)cc1. The second-order valence-corrected chi connectivity index (χ2v) is 9.70. The van der Waals surface area contributed by atoms with Gasteiger partial charge in [0.25, 0.3) is 5.95 Å². The summed E-state index contributed by atoms with van der Waals surface area (Å²) in [4.78, 5) is 15.7. The van der Waals surface area contributed by atoms with Gasteiger partial charge in [-0.15, -0.1) is 27.1 Å². The number of hydrogen-bond acceptors (Lipinski definition) is 7. The Morgan fingerprint density at radius 3 is 2.08 bits per heavy atom. The Kier molecular flexibility index (Phi) is 5.91. The molecule has 0 aliphatic carbocycles. The van der Waals surface area contributed by atoms with Crippen molar-refractivity contribution in [3.63, 3.8) is 0 Å². The third-order valence-corrected chi connectivity index (χ3v) is 7.03. The van der Waals surface area contributed by atoms with E-state index in [-0.39, 0.29) is 0 Å². The van der Waals surface area contributed by atoms with Crippen LogP contribution in [-0.4, -0.2) is 44.1 Å². The van der Waals surface area contributed by atoms with Crippen LogP contribution in [0.1, 0.15) is 5.82 Å². The summed E-state index contributed by atoms with van der Waals surface area (Å²) in [5, 5.41) is 14.4. The quantitative estimate of drug-likeness (QED) is 0.252. The predicted molar refractivity (Wildman–Crippen MR) is 150 cm³/mol. The highest BCUT2D eigenvalue weighted by atomic mass is 32.2. The maximum absolute atomic E-state index is 4.96. The summed E-state index contributed by atoms with van der Waals surface area (Å²) in [7, 11) is 0. The number of pyridine rings is 1. The summed E-state index contributed by atoms with van der Waals surface area (Å²) in [6, 6.07) is 35.8. The molecular weight excluding hydrogens is 506 g/mol. The molecule has 0 radical (unpaired) electrons. The maximum atomic E-state index is 4.96. The molecule has 0 amide bonds. The van der Waals surface area contributed by atoms with Crippen molar-refractivity contribution in [3.8, 4) is 34.7 Å². The molecule has 0 saturated heterocycles. The van der Waals surface area contributed by atoms with Crippen LogP contribution in [0.5, 0.6) is 0 Å².